The Morgan fingerprint density at radius 2 is 1.30 bits per heavy atom. The third kappa shape index (κ3) is 7.22. The van der Waals surface area contributed by atoms with Gasteiger partial charge in [-0.05, 0) is 49.9 Å². The molecule has 2 saturated carbocycles. The summed E-state index contributed by atoms with van der Waals surface area (Å²) in [5.74, 6) is -2.65. The summed E-state index contributed by atoms with van der Waals surface area (Å²) in [7, 11) is 0. The van der Waals surface area contributed by atoms with Gasteiger partial charge in [0.1, 0.15) is 6.54 Å². The Morgan fingerprint density at radius 1 is 0.800 bits per heavy atom. The molecular weight excluding hydrogens is 386 g/mol. The lowest BCUT2D eigenvalue weighted by atomic mass is 9.71. The number of carboxylic acids is 1. The SMILES string of the molecule is CC(C)(C)C1CCC(NC(=O)C(C(=O)NC2CCCCC2)=C(O)NCC(=O)O)CC1. The van der Waals surface area contributed by atoms with Gasteiger partial charge in [-0.2, -0.15) is 0 Å². The van der Waals surface area contributed by atoms with Crippen molar-refractivity contribution < 1.29 is 24.6 Å². The van der Waals surface area contributed by atoms with Gasteiger partial charge in [-0.15, -0.1) is 0 Å². The van der Waals surface area contributed by atoms with E-state index in [0.717, 1.165) is 57.8 Å². The third-order valence-electron chi connectivity index (χ3n) is 6.33. The first-order chi connectivity index (χ1) is 14.1. The smallest absolute Gasteiger partial charge is 0.322 e. The number of carboxylic acid groups (broad SMARTS) is 1. The number of rotatable bonds is 7. The largest absolute Gasteiger partial charge is 0.494 e. The van der Waals surface area contributed by atoms with Gasteiger partial charge in [-0.1, -0.05) is 40.0 Å². The van der Waals surface area contributed by atoms with E-state index in [1.807, 2.05) is 0 Å². The molecule has 0 bridgehead atoms. The fraction of sp³-hybridized carbons (Fsp3) is 0.773. The van der Waals surface area contributed by atoms with Crippen LogP contribution in [0.25, 0.3) is 0 Å². The van der Waals surface area contributed by atoms with Crippen molar-refractivity contribution >= 4 is 17.8 Å². The average Bonchev–Trinajstić information content (AvgIpc) is 2.67. The van der Waals surface area contributed by atoms with E-state index in [1.54, 1.807) is 0 Å². The van der Waals surface area contributed by atoms with Gasteiger partial charge in [0.15, 0.2) is 5.57 Å². The number of amides is 2. The summed E-state index contributed by atoms with van der Waals surface area (Å²) in [5, 5.41) is 27.1. The van der Waals surface area contributed by atoms with Crippen molar-refractivity contribution in [2.24, 2.45) is 11.3 Å². The molecule has 0 spiro atoms. The Labute approximate surface area is 178 Å². The van der Waals surface area contributed by atoms with Crippen LogP contribution >= 0.6 is 0 Å². The molecule has 2 aliphatic rings. The highest BCUT2D eigenvalue weighted by atomic mass is 16.4. The summed E-state index contributed by atoms with van der Waals surface area (Å²) in [5.41, 5.74) is -0.223. The molecule has 8 nitrogen and oxygen atoms in total. The second kappa shape index (κ2) is 10.7. The summed E-state index contributed by atoms with van der Waals surface area (Å²) < 4.78 is 0. The van der Waals surface area contributed by atoms with E-state index in [0.29, 0.717) is 5.92 Å². The van der Waals surface area contributed by atoms with Gasteiger partial charge in [-0.3, -0.25) is 14.4 Å². The van der Waals surface area contributed by atoms with Crippen LogP contribution in [-0.4, -0.2) is 46.6 Å². The number of aliphatic hydroxyl groups excluding tert-OH is 1. The zero-order valence-corrected chi connectivity index (χ0v) is 18.4. The fourth-order valence-corrected chi connectivity index (χ4v) is 4.43. The van der Waals surface area contributed by atoms with Crippen LogP contribution in [0.1, 0.15) is 78.6 Å². The standard InChI is InChI=1S/C22H37N3O5/c1-22(2,3)14-9-11-16(12-10-14)25-21(30)18(19(28)23-13-17(26)27)20(29)24-15-7-5-4-6-8-15/h14-16,23,28H,4-13H2,1-3H3,(H,24,29)(H,25,30)(H,26,27). The Bertz CT molecular complexity index is 654. The van der Waals surface area contributed by atoms with Crippen LogP contribution in [-0.2, 0) is 14.4 Å². The number of carbonyl (C=O) groups is 3. The van der Waals surface area contributed by atoms with E-state index in [1.165, 1.54) is 0 Å². The molecule has 30 heavy (non-hydrogen) atoms. The summed E-state index contributed by atoms with van der Waals surface area (Å²) in [6, 6.07) is -0.107. The third-order valence-corrected chi connectivity index (χ3v) is 6.33. The molecule has 0 radical (unpaired) electrons. The molecule has 0 aromatic rings. The highest BCUT2D eigenvalue weighted by Crippen LogP contribution is 2.37. The van der Waals surface area contributed by atoms with Gasteiger partial charge in [0.25, 0.3) is 11.8 Å². The van der Waals surface area contributed by atoms with E-state index >= 15 is 0 Å². The Balaban J connectivity index is 2.05. The lowest BCUT2D eigenvalue weighted by molar-refractivity contribution is -0.136. The van der Waals surface area contributed by atoms with Crippen LogP contribution in [0.4, 0.5) is 0 Å². The molecule has 170 valence electrons. The van der Waals surface area contributed by atoms with Crippen LogP contribution in [0.15, 0.2) is 11.5 Å². The first kappa shape index (κ1) is 24.0. The molecule has 0 atom stereocenters. The topological polar surface area (TPSA) is 128 Å². The maximum absolute atomic E-state index is 12.9. The first-order valence-electron chi connectivity index (χ1n) is 11.1. The van der Waals surface area contributed by atoms with Gasteiger partial charge < -0.3 is 26.2 Å². The highest BCUT2D eigenvalue weighted by Gasteiger charge is 2.32. The number of carbonyl (C=O) groups excluding carboxylic acids is 2. The Kier molecular flexibility index (Phi) is 8.55. The Morgan fingerprint density at radius 3 is 1.77 bits per heavy atom. The summed E-state index contributed by atoms with van der Waals surface area (Å²) in [6.45, 7) is 6.08. The van der Waals surface area contributed by atoms with Crippen LogP contribution in [0.3, 0.4) is 0 Å². The predicted molar refractivity (Wildman–Crippen MR) is 114 cm³/mol. The monoisotopic (exact) mass is 423 g/mol. The van der Waals surface area contributed by atoms with Crippen LogP contribution in [0, 0.1) is 11.3 Å². The van der Waals surface area contributed by atoms with E-state index in [9.17, 15) is 19.5 Å². The summed E-state index contributed by atoms with van der Waals surface area (Å²) in [4.78, 5) is 36.5. The van der Waals surface area contributed by atoms with Crippen molar-refractivity contribution in [2.45, 2.75) is 90.6 Å². The van der Waals surface area contributed by atoms with E-state index in [2.05, 4.69) is 36.7 Å². The van der Waals surface area contributed by atoms with Crippen molar-refractivity contribution in [1.82, 2.24) is 16.0 Å². The van der Waals surface area contributed by atoms with Crippen LogP contribution in [0.5, 0.6) is 0 Å². The maximum Gasteiger partial charge on any atom is 0.322 e. The zero-order valence-electron chi connectivity index (χ0n) is 18.4. The maximum atomic E-state index is 12.9. The molecule has 5 N–H and O–H groups in total. The van der Waals surface area contributed by atoms with E-state index in [-0.39, 0.29) is 17.5 Å². The first-order valence-corrected chi connectivity index (χ1v) is 11.1. The minimum Gasteiger partial charge on any atom is -0.494 e. The Hall–Kier alpha value is -2.25. The fourth-order valence-electron chi connectivity index (χ4n) is 4.43. The normalized spacial score (nSPS) is 23.8. The minimum absolute atomic E-state index is 0.0384. The molecule has 0 heterocycles. The number of hydrogen-bond donors (Lipinski definition) is 5. The number of nitrogens with one attached hydrogen (secondary N) is 3. The zero-order chi connectivity index (χ0) is 22.3. The van der Waals surface area contributed by atoms with Crippen LogP contribution < -0.4 is 16.0 Å². The van der Waals surface area contributed by atoms with Gasteiger partial charge in [0, 0.05) is 12.1 Å². The number of hydrogen-bond acceptors (Lipinski definition) is 5. The molecule has 2 rings (SSSR count). The second-order valence-corrected chi connectivity index (χ2v) is 9.67. The number of aliphatic carboxylic acids is 1. The molecular formula is C22H37N3O5. The molecule has 0 aromatic carbocycles. The van der Waals surface area contributed by atoms with Crippen LogP contribution in [0.2, 0.25) is 0 Å². The van der Waals surface area contributed by atoms with Gasteiger partial charge in [0.05, 0.1) is 0 Å². The quantitative estimate of drug-likeness (QED) is 0.185. The van der Waals surface area contributed by atoms with Gasteiger partial charge in [-0.25, -0.2) is 0 Å². The molecule has 0 unspecified atom stereocenters. The molecule has 0 saturated heterocycles. The van der Waals surface area contributed by atoms with Gasteiger partial charge >= 0.3 is 5.97 Å². The summed E-state index contributed by atoms with van der Waals surface area (Å²) >= 11 is 0. The highest BCUT2D eigenvalue weighted by molar-refractivity contribution is 6.18. The van der Waals surface area contributed by atoms with E-state index in [4.69, 9.17) is 5.11 Å². The molecule has 0 aromatic heterocycles. The van der Waals surface area contributed by atoms with Crippen molar-refractivity contribution in [3.8, 4) is 0 Å². The molecule has 2 fully saturated rings. The minimum atomic E-state index is -1.20. The van der Waals surface area contributed by atoms with Crippen molar-refractivity contribution in [3.63, 3.8) is 0 Å². The number of aliphatic hydroxyl groups is 1. The average molecular weight is 424 g/mol. The lowest BCUT2D eigenvalue weighted by Gasteiger charge is -2.37. The van der Waals surface area contributed by atoms with Crippen molar-refractivity contribution in [2.75, 3.05) is 6.54 Å². The van der Waals surface area contributed by atoms with Crippen molar-refractivity contribution in [3.05, 3.63) is 11.5 Å². The van der Waals surface area contributed by atoms with Gasteiger partial charge in [0.2, 0.25) is 5.88 Å². The van der Waals surface area contributed by atoms with Crippen molar-refractivity contribution in [1.29, 1.82) is 0 Å². The molecule has 0 aliphatic heterocycles. The summed E-state index contributed by atoms with van der Waals surface area (Å²) in [6.07, 6.45) is 8.42. The lowest BCUT2D eigenvalue weighted by Crippen LogP contribution is -2.46. The van der Waals surface area contributed by atoms with E-state index < -0.39 is 35.8 Å². The molecule has 2 aliphatic carbocycles. The molecule has 8 heteroatoms. The predicted octanol–water partition coefficient (Wildman–Crippen LogP) is 2.60. The second-order valence-electron chi connectivity index (χ2n) is 9.67. The molecule has 2 amide bonds.